The zero-order valence-electron chi connectivity index (χ0n) is 42.2. The topological polar surface area (TPSA) is 144 Å². The van der Waals surface area contributed by atoms with E-state index in [0.717, 1.165) is 47.9 Å². The number of carbonyl (C=O) groups is 2. The predicted molar refractivity (Wildman–Crippen MR) is 273 cm³/mol. The monoisotopic (exact) mass is 1000 g/mol. The van der Waals surface area contributed by atoms with Gasteiger partial charge in [0.25, 0.3) is 0 Å². The Kier molecular flexibility index (Phi) is 25.0. The van der Waals surface area contributed by atoms with Crippen molar-refractivity contribution >= 4 is 27.8 Å². The van der Waals surface area contributed by atoms with Gasteiger partial charge in [0.05, 0.1) is 39.6 Å². The lowest BCUT2D eigenvalue weighted by molar-refractivity contribution is -0.275. The van der Waals surface area contributed by atoms with E-state index < -0.39 is 77.2 Å². The summed E-state index contributed by atoms with van der Waals surface area (Å²) in [5.41, 5.74) is 3.62. The molecule has 0 aromatic heterocycles. The number of hydrogen-bond acceptors (Lipinski definition) is 13. The fourth-order valence-electron chi connectivity index (χ4n) is 7.88. The van der Waals surface area contributed by atoms with Crippen molar-refractivity contribution in [3.63, 3.8) is 0 Å². The van der Waals surface area contributed by atoms with Crippen LogP contribution in [0.5, 0.6) is 0 Å². The Bertz CT molecular complexity index is 2090. The van der Waals surface area contributed by atoms with Crippen molar-refractivity contribution in [2.24, 2.45) is 0 Å². The molecular weight excluding hydrogens is 928 g/mol. The second-order valence-corrected chi connectivity index (χ2v) is 26.2. The van der Waals surface area contributed by atoms with Crippen LogP contribution in [0.2, 0.25) is 25.7 Å². The third kappa shape index (κ3) is 20.2. The molecule has 8 atom stereocenters. The fraction of sp³-hybridized carbons (Fsp3) is 0.527. The highest BCUT2D eigenvalue weighted by Crippen LogP contribution is 2.54. The molecule has 70 heavy (non-hydrogen) atoms. The highest BCUT2D eigenvalue weighted by Gasteiger charge is 2.57. The molecular formula is C55H77O13PSi. The molecule has 1 fully saturated rings. The summed E-state index contributed by atoms with van der Waals surface area (Å²) in [6.45, 7) is 10.6. The van der Waals surface area contributed by atoms with Crippen LogP contribution in [0.4, 0.5) is 0 Å². The number of esters is 2. The minimum Gasteiger partial charge on any atom is -0.462 e. The standard InChI is InChI=1S/C55H77O13PSi/c1-7-9-15-33-48(56)60-41-47(67-49(57)34-16-10-8-2)42-66-69(58,65-35-36-70(4,5)6)68-55-50(59-3)51(61-37-43-25-17-11-18-26-43)52(62-38-44-27-19-12-20-28-44)53(63-39-45-29-21-13-22-30-45)54(55)64-40-46-31-23-14-24-32-46/h11-14,17-32,47,50-55H,7-10,15-16,33-42H2,1-6H3/t47-,50-,51+,52-,53+,54-,55-,69?/m1/s1. The zero-order chi connectivity index (χ0) is 50.0. The normalized spacial score (nSPS) is 20.6. The SMILES string of the molecule is CCCCCC(=O)OC[C@H](COP(=O)(OCC[Si](C)(C)C)O[C@@H]1[C@H](OC)[C@H](OCc2ccccc2)[C@@H](OCc2ccccc2)[C@H](OCc2ccccc2)[C@H]1OCc1ccccc1)OC(=O)CCCCC. The third-order valence-electron chi connectivity index (χ3n) is 11.8. The lowest BCUT2D eigenvalue weighted by Gasteiger charge is -2.49. The molecule has 5 rings (SSSR count). The molecule has 0 heterocycles. The van der Waals surface area contributed by atoms with Crippen molar-refractivity contribution in [2.45, 2.75) is 160 Å². The summed E-state index contributed by atoms with van der Waals surface area (Å²) in [5, 5.41) is 0. The van der Waals surface area contributed by atoms with Crippen LogP contribution in [0.15, 0.2) is 121 Å². The molecule has 1 saturated carbocycles. The van der Waals surface area contributed by atoms with Crippen LogP contribution in [-0.2, 0) is 87.3 Å². The Morgan fingerprint density at radius 2 is 0.929 bits per heavy atom. The second-order valence-electron chi connectivity index (χ2n) is 18.9. The average Bonchev–Trinajstić information content (AvgIpc) is 3.36. The van der Waals surface area contributed by atoms with Crippen LogP contribution in [0.3, 0.4) is 0 Å². The number of unbranched alkanes of at least 4 members (excludes halogenated alkanes) is 4. The fourth-order valence-corrected chi connectivity index (χ4v) is 10.2. The molecule has 384 valence electrons. The first-order chi connectivity index (χ1) is 33.9. The van der Waals surface area contributed by atoms with Gasteiger partial charge in [0.2, 0.25) is 0 Å². The minimum atomic E-state index is -4.66. The van der Waals surface area contributed by atoms with Gasteiger partial charge in [-0.15, -0.1) is 0 Å². The maximum Gasteiger partial charge on any atom is 0.475 e. The number of methoxy groups -OCH3 is 1. The van der Waals surface area contributed by atoms with Crippen molar-refractivity contribution < 1.29 is 60.9 Å². The van der Waals surface area contributed by atoms with Gasteiger partial charge in [-0.05, 0) is 41.1 Å². The first kappa shape index (κ1) is 56.9. The molecule has 4 aromatic rings. The molecule has 0 saturated heterocycles. The van der Waals surface area contributed by atoms with Gasteiger partial charge in [0.15, 0.2) is 6.10 Å². The van der Waals surface area contributed by atoms with E-state index in [2.05, 4.69) is 26.6 Å². The summed E-state index contributed by atoms with van der Waals surface area (Å²) in [6.07, 6.45) is -1.75. The largest absolute Gasteiger partial charge is 0.475 e. The number of phosphoric ester groups is 1. The molecule has 1 aliphatic rings. The molecule has 0 amide bonds. The van der Waals surface area contributed by atoms with Crippen LogP contribution >= 0.6 is 7.82 Å². The first-order valence-corrected chi connectivity index (χ1v) is 30.1. The zero-order valence-corrected chi connectivity index (χ0v) is 44.1. The van der Waals surface area contributed by atoms with Crippen molar-refractivity contribution in [1.82, 2.24) is 0 Å². The Hall–Kier alpha value is -4.05. The number of phosphoric acid groups is 1. The van der Waals surface area contributed by atoms with Crippen LogP contribution < -0.4 is 0 Å². The lowest BCUT2D eigenvalue weighted by atomic mass is 9.83. The van der Waals surface area contributed by atoms with Gasteiger partial charge in [0.1, 0.15) is 43.2 Å². The van der Waals surface area contributed by atoms with Crippen LogP contribution in [0.25, 0.3) is 0 Å². The molecule has 0 bridgehead atoms. The van der Waals surface area contributed by atoms with Crippen molar-refractivity contribution in [1.29, 1.82) is 0 Å². The predicted octanol–water partition coefficient (Wildman–Crippen LogP) is 11.8. The molecule has 0 N–H and O–H groups in total. The van der Waals surface area contributed by atoms with Crippen LogP contribution in [0.1, 0.15) is 87.5 Å². The van der Waals surface area contributed by atoms with E-state index in [4.69, 9.17) is 46.7 Å². The molecule has 1 unspecified atom stereocenters. The van der Waals surface area contributed by atoms with Crippen molar-refractivity contribution in [3.05, 3.63) is 144 Å². The lowest BCUT2D eigenvalue weighted by Crippen LogP contribution is -2.67. The Morgan fingerprint density at radius 3 is 1.33 bits per heavy atom. The van der Waals surface area contributed by atoms with Gasteiger partial charge < -0.3 is 33.2 Å². The second kappa shape index (κ2) is 30.7. The maximum atomic E-state index is 15.6. The number of ether oxygens (including phenoxy) is 7. The number of carbonyl (C=O) groups excluding carboxylic acids is 2. The summed E-state index contributed by atoms with van der Waals surface area (Å²) >= 11 is 0. The van der Waals surface area contributed by atoms with Gasteiger partial charge in [0, 0.05) is 28.0 Å². The summed E-state index contributed by atoms with van der Waals surface area (Å²) in [5.74, 6) is -0.916. The van der Waals surface area contributed by atoms with Crippen LogP contribution in [0, 0.1) is 0 Å². The van der Waals surface area contributed by atoms with Crippen molar-refractivity contribution in [2.75, 3.05) is 26.9 Å². The van der Waals surface area contributed by atoms with E-state index in [9.17, 15) is 9.59 Å². The van der Waals surface area contributed by atoms with Crippen molar-refractivity contribution in [3.8, 4) is 0 Å². The highest BCUT2D eigenvalue weighted by atomic mass is 31.2. The van der Waals surface area contributed by atoms with E-state index in [1.165, 1.54) is 7.11 Å². The molecule has 0 radical (unpaired) electrons. The summed E-state index contributed by atoms with van der Waals surface area (Å²) in [4.78, 5) is 26.0. The molecule has 13 nitrogen and oxygen atoms in total. The highest BCUT2D eigenvalue weighted by molar-refractivity contribution is 7.48. The maximum absolute atomic E-state index is 15.6. The van der Waals surface area contributed by atoms with Crippen LogP contribution in [-0.4, -0.2) is 89.7 Å². The average molecular weight is 1010 g/mol. The smallest absolute Gasteiger partial charge is 0.462 e. The molecule has 4 aromatic carbocycles. The van der Waals surface area contributed by atoms with Gasteiger partial charge in [-0.25, -0.2) is 4.57 Å². The van der Waals surface area contributed by atoms with Gasteiger partial charge in [-0.1, -0.05) is 180 Å². The third-order valence-corrected chi connectivity index (χ3v) is 15.0. The summed E-state index contributed by atoms with van der Waals surface area (Å²) < 4.78 is 80.5. The van der Waals surface area contributed by atoms with E-state index in [-0.39, 0.29) is 52.5 Å². The quantitative estimate of drug-likeness (QED) is 0.0193. The number of benzene rings is 4. The summed E-state index contributed by atoms with van der Waals surface area (Å²) in [7, 11) is -4.88. The van der Waals surface area contributed by atoms with Gasteiger partial charge in [-0.2, -0.15) is 0 Å². The van der Waals surface area contributed by atoms with Gasteiger partial charge >= 0.3 is 19.8 Å². The molecule has 0 spiro atoms. The van der Waals surface area contributed by atoms with E-state index in [0.29, 0.717) is 18.9 Å². The van der Waals surface area contributed by atoms with E-state index in [1.54, 1.807) is 0 Å². The summed E-state index contributed by atoms with van der Waals surface area (Å²) in [6, 6.07) is 39.7. The van der Waals surface area contributed by atoms with E-state index in [1.807, 2.05) is 128 Å². The van der Waals surface area contributed by atoms with E-state index >= 15 is 4.57 Å². The minimum absolute atomic E-state index is 0.0471. The molecule has 0 aliphatic heterocycles. The Morgan fingerprint density at radius 1 is 0.529 bits per heavy atom. The Labute approximate surface area is 417 Å². The van der Waals surface area contributed by atoms with Gasteiger partial charge in [-0.3, -0.25) is 23.2 Å². The molecule has 1 aliphatic carbocycles. The number of rotatable bonds is 33. The molecule has 15 heteroatoms. The first-order valence-electron chi connectivity index (χ1n) is 25.0. The Balaban J connectivity index is 1.57. The number of hydrogen-bond donors (Lipinski definition) is 0.